The molecule has 4 rings (SSSR count). The smallest absolute Gasteiger partial charge is 0.187 e. The van der Waals surface area contributed by atoms with Gasteiger partial charge in [-0.2, -0.15) is 14.3 Å². The molecule has 0 atom stereocenters. The van der Waals surface area contributed by atoms with Crippen LogP contribution in [0.2, 0.25) is 0 Å². The monoisotopic (exact) mass is 326 g/mol. The number of fused-ring (bicyclic) bond motifs is 1. The predicted octanol–water partition coefficient (Wildman–Crippen LogP) is 3.34. The van der Waals surface area contributed by atoms with E-state index in [0.717, 1.165) is 15.4 Å². The largest absolute Gasteiger partial charge is 0.251 e. The zero-order chi connectivity index (χ0) is 15.8. The Kier molecular flexibility index (Phi) is 3.30. The summed E-state index contributed by atoms with van der Waals surface area (Å²) in [5.74, 6) is 0. The van der Waals surface area contributed by atoms with Crippen molar-refractivity contribution in [1.29, 1.82) is 0 Å². The van der Waals surface area contributed by atoms with Crippen LogP contribution in [0.25, 0.3) is 28.3 Å². The van der Waals surface area contributed by atoms with Crippen LogP contribution in [0.4, 0.5) is 3.89 Å². The van der Waals surface area contributed by atoms with Gasteiger partial charge in [-0.3, -0.25) is 4.98 Å². The van der Waals surface area contributed by atoms with E-state index in [1.165, 1.54) is 0 Å². The summed E-state index contributed by atoms with van der Waals surface area (Å²) in [5, 5.41) is 8.76. The third kappa shape index (κ3) is 2.46. The molecule has 0 amide bonds. The van der Waals surface area contributed by atoms with Crippen LogP contribution in [0.15, 0.2) is 48.9 Å². The minimum Gasteiger partial charge on any atom is -0.251 e. The lowest BCUT2D eigenvalue weighted by molar-refractivity contribution is 0.878. The summed E-state index contributed by atoms with van der Waals surface area (Å²) in [5.41, 5.74) is 4.27. The fourth-order valence-corrected chi connectivity index (χ4v) is 2.66. The zero-order valence-corrected chi connectivity index (χ0v) is 12.9. The summed E-state index contributed by atoms with van der Waals surface area (Å²) in [7, 11) is 0. The molecule has 0 aliphatic carbocycles. The van der Waals surface area contributed by atoms with Gasteiger partial charge in [0.15, 0.2) is 18.0 Å². The van der Waals surface area contributed by atoms with Gasteiger partial charge in [0.05, 0.1) is 23.1 Å². The van der Waals surface area contributed by atoms with E-state index in [4.69, 9.17) is 0 Å². The quantitative estimate of drug-likeness (QED) is 0.578. The van der Waals surface area contributed by atoms with Gasteiger partial charge in [-0.25, -0.2) is 9.50 Å². The predicted molar refractivity (Wildman–Crippen MR) is 86.3 cm³/mol. The molecule has 0 unspecified atom stereocenters. The SMILES string of the molecule is Cc1cccc(-c2nn(SF)cc2-c2ccc3nccn3n2)n1. The van der Waals surface area contributed by atoms with Crippen LogP contribution in [0.3, 0.4) is 0 Å². The second-order valence-electron chi connectivity index (χ2n) is 4.98. The molecular formula is C15H11FN6S. The molecule has 4 heterocycles. The lowest BCUT2D eigenvalue weighted by Crippen LogP contribution is -1.94. The molecule has 0 saturated carbocycles. The van der Waals surface area contributed by atoms with Crippen molar-refractivity contribution >= 4 is 18.0 Å². The van der Waals surface area contributed by atoms with Crippen LogP contribution in [0.1, 0.15) is 5.69 Å². The van der Waals surface area contributed by atoms with Crippen molar-refractivity contribution in [2.75, 3.05) is 0 Å². The Bertz CT molecular complexity index is 992. The van der Waals surface area contributed by atoms with Gasteiger partial charge in [0.1, 0.15) is 5.69 Å². The first-order valence-corrected chi connectivity index (χ1v) is 7.55. The van der Waals surface area contributed by atoms with Gasteiger partial charge in [-0.1, -0.05) is 6.07 Å². The van der Waals surface area contributed by atoms with Gasteiger partial charge in [-0.05, 0) is 31.2 Å². The first-order chi connectivity index (χ1) is 11.2. The summed E-state index contributed by atoms with van der Waals surface area (Å²) in [6.07, 6.45) is 5.04. The van der Waals surface area contributed by atoms with Crippen LogP contribution in [-0.2, 0) is 0 Å². The number of hydrogen-bond donors (Lipinski definition) is 0. The number of nitrogens with zero attached hydrogens (tertiary/aromatic N) is 6. The number of aromatic nitrogens is 6. The van der Waals surface area contributed by atoms with Crippen LogP contribution < -0.4 is 0 Å². The van der Waals surface area contributed by atoms with Crippen LogP contribution >= 0.6 is 12.3 Å². The van der Waals surface area contributed by atoms with Gasteiger partial charge < -0.3 is 0 Å². The normalized spacial score (nSPS) is 11.2. The van der Waals surface area contributed by atoms with Crippen molar-refractivity contribution in [3.63, 3.8) is 0 Å². The van der Waals surface area contributed by atoms with Crippen LogP contribution in [-0.4, -0.2) is 28.8 Å². The minimum absolute atomic E-state index is 0.0335. The maximum Gasteiger partial charge on any atom is 0.187 e. The molecule has 0 spiro atoms. The molecule has 0 saturated heterocycles. The van der Waals surface area contributed by atoms with E-state index in [1.54, 1.807) is 23.1 Å². The number of imidazole rings is 1. The molecule has 0 bridgehead atoms. The molecule has 4 aromatic rings. The standard InChI is InChI=1S/C15H11FN6S/c1-10-3-2-4-13(18-10)15-11(9-22(20-15)23-16)12-5-6-14-17-7-8-21(14)19-12/h2-9H,1H3. The average Bonchev–Trinajstić information content (AvgIpc) is 3.20. The maximum absolute atomic E-state index is 13.0. The molecule has 0 radical (unpaired) electrons. The van der Waals surface area contributed by atoms with E-state index >= 15 is 0 Å². The molecule has 114 valence electrons. The van der Waals surface area contributed by atoms with Crippen LogP contribution in [0, 0.1) is 6.92 Å². The van der Waals surface area contributed by atoms with Gasteiger partial charge in [0, 0.05) is 18.1 Å². The van der Waals surface area contributed by atoms with E-state index < -0.39 is 0 Å². The lowest BCUT2D eigenvalue weighted by atomic mass is 10.1. The van der Waals surface area contributed by atoms with Crippen LogP contribution in [0.5, 0.6) is 0 Å². The van der Waals surface area contributed by atoms with E-state index in [2.05, 4.69) is 20.2 Å². The Morgan fingerprint density at radius 2 is 2.00 bits per heavy atom. The third-order valence-corrected chi connectivity index (χ3v) is 3.75. The summed E-state index contributed by atoms with van der Waals surface area (Å²) in [6.45, 7) is 1.90. The number of aryl methyl sites for hydroxylation is 1. The van der Waals surface area contributed by atoms with Gasteiger partial charge in [-0.15, -0.1) is 3.89 Å². The first kappa shape index (κ1) is 13.9. The Morgan fingerprint density at radius 1 is 1.09 bits per heavy atom. The van der Waals surface area contributed by atoms with Gasteiger partial charge in [0.2, 0.25) is 0 Å². The minimum atomic E-state index is 0.0335. The van der Waals surface area contributed by atoms with Crippen molar-refractivity contribution < 1.29 is 3.89 Å². The first-order valence-electron chi connectivity index (χ1n) is 6.88. The van der Waals surface area contributed by atoms with E-state index in [1.807, 2.05) is 37.3 Å². The Balaban J connectivity index is 1.91. The molecule has 8 heteroatoms. The van der Waals surface area contributed by atoms with E-state index in [-0.39, 0.29) is 12.3 Å². The second-order valence-corrected chi connectivity index (χ2v) is 5.49. The summed E-state index contributed by atoms with van der Waals surface area (Å²) in [6, 6.07) is 9.35. The third-order valence-electron chi connectivity index (χ3n) is 3.43. The molecule has 0 aliphatic heterocycles. The summed E-state index contributed by atoms with van der Waals surface area (Å²) < 4.78 is 15.8. The van der Waals surface area contributed by atoms with Gasteiger partial charge in [0.25, 0.3) is 0 Å². The Hall–Kier alpha value is -2.74. The lowest BCUT2D eigenvalue weighted by Gasteiger charge is -2.03. The molecule has 0 aromatic carbocycles. The van der Waals surface area contributed by atoms with Crippen molar-refractivity contribution in [3.05, 3.63) is 54.6 Å². The van der Waals surface area contributed by atoms with E-state index in [9.17, 15) is 3.89 Å². The molecule has 0 fully saturated rings. The number of rotatable bonds is 3. The highest BCUT2D eigenvalue weighted by atomic mass is 32.2. The van der Waals surface area contributed by atoms with Crippen molar-refractivity contribution in [1.82, 2.24) is 28.8 Å². The highest BCUT2D eigenvalue weighted by Gasteiger charge is 2.16. The molecule has 23 heavy (non-hydrogen) atoms. The highest BCUT2D eigenvalue weighted by Crippen LogP contribution is 2.30. The second kappa shape index (κ2) is 5.47. The zero-order valence-electron chi connectivity index (χ0n) is 12.1. The van der Waals surface area contributed by atoms with Crippen molar-refractivity contribution in [2.45, 2.75) is 6.92 Å². The molecule has 0 aliphatic rings. The Labute approximate surface area is 135 Å². The van der Waals surface area contributed by atoms with E-state index in [0.29, 0.717) is 22.6 Å². The molecule has 6 nitrogen and oxygen atoms in total. The molecular weight excluding hydrogens is 315 g/mol. The Morgan fingerprint density at radius 3 is 2.83 bits per heavy atom. The van der Waals surface area contributed by atoms with Gasteiger partial charge >= 0.3 is 0 Å². The summed E-state index contributed by atoms with van der Waals surface area (Å²) in [4.78, 5) is 8.65. The topological polar surface area (TPSA) is 60.9 Å². The number of hydrogen-bond acceptors (Lipinski definition) is 5. The maximum atomic E-state index is 13.0. The molecule has 0 N–H and O–H groups in total. The van der Waals surface area contributed by atoms with Crippen molar-refractivity contribution in [2.24, 2.45) is 0 Å². The number of pyridine rings is 1. The highest BCUT2D eigenvalue weighted by molar-refractivity contribution is 7.92. The van der Waals surface area contributed by atoms with Crippen molar-refractivity contribution in [3.8, 4) is 22.6 Å². The average molecular weight is 326 g/mol. The number of halogens is 1. The summed E-state index contributed by atoms with van der Waals surface area (Å²) >= 11 is 0.0335. The fourth-order valence-electron chi connectivity index (χ4n) is 2.40. The fraction of sp³-hybridized carbons (Fsp3) is 0.0667. The molecule has 4 aromatic heterocycles.